The van der Waals surface area contributed by atoms with Crippen molar-refractivity contribution in [2.24, 2.45) is 0 Å². The number of hydrogen-bond donors (Lipinski definition) is 1. The van der Waals surface area contributed by atoms with Crippen LogP contribution in [0, 0.1) is 0 Å². The summed E-state index contributed by atoms with van der Waals surface area (Å²) < 4.78 is 0. The van der Waals surface area contributed by atoms with E-state index in [1.54, 1.807) is 6.07 Å². The van der Waals surface area contributed by atoms with Crippen molar-refractivity contribution < 1.29 is 5.11 Å². The molecule has 3 aromatic carbocycles. The van der Waals surface area contributed by atoms with E-state index in [0.29, 0.717) is 5.75 Å². The normalized spacial score (nSPS) is 11.0. The number of phenolic OH excluding ortho intramolecular Hbond substituents is 1. The van der Waals surface area contributed by atoms with Crippen molar-refractivity contribution in [3.63, 3.8) is 0 Å². The summed E-state index contributed by atoms with van der Waals surface area (Å²) in [5, 5.41) is 10.9. The van der Waals surface area contributed by atoms with Crippen LogP contribution in [0.3, 0.4) is 0 Å². The van der Waals surface area contributed by atoms with Crippen molar-refractivity contribution >= 4 is 11.4 Å². The lowest BCUT2D eigenvalue weighted by Crippen LogP contribution is -2.26. The second kappa shape index (κ2) is 10.2. The van der Waals surface area contributed by atoms with Crippen LogP contribution in [0.1, 0.15) is 50.3 Å². The molecule has 0 heterocycles. The Morgan fingerprint density at radius 1 is 0.567 bits per heavy atom. The summed E-state index contributed by atoms with van der Waals surface area (Å²) in [6, 6.07) is 25.0. The fourth-order valence-electron chi connectivity index (χ4n) is 4.40. The molecule has 158 valence electrons. The Morgan fingerprint density at radius 3 is 1.33 bits per heavy atom. The zero-order chi connectivity index (χ0) is 21.5. The van der Waals surface area contributed by atoms with Gasteiger partial charge in [-0.1, -0.05) is 54.6 Å². The van der Waals surface area contributed by atoms with Gasteiger partial charge in [-0.2, -0.15) is 0 Å². The molecule has 0 aromatic heterocycles. The maximum Gasteiger partial charge on any atom is 0.119 e. The molecule has 0 fully saturated rings. The molecule has 0 aliphatic carbocycles. The van der Waals surface area contributed by atoms with Crippen molar-refractivity contribution in [1.29, 1.82) is 0 Å². The fourth-order valence-corrected chi connectivity index (χ4v) is 4.40. The number of benzene rings is 3. The molecule has 1 N–H and O–H groups in total. The number of aromatic hydroxyl groups is 1. The van der Waals surface area contributed by atoms with Gasteiger partial charge in [0.25, 0.3) is 0 Å². The smallest absolute Gasteiger partial charge is 0.119 e. The molecule has 0 saturated carbocycles. The van der Waals surface area contributed by atoms with Gasteiger partial charge < -0.3 is 14.9 Å². The van der Waals surface area contributed by atoms with Crippen LogP contribution in [-0.2, 0) is 0 Å². The van der Waals surface area contributed by atoms with E-state index in [1.165, 1.54) is 22.5 Å². The van der Waals surface area contributed by atoms with Crippen molar-refractivity contribution in [2.75, 3.05) is 36.0 Å². The van der Waals surface area contributed by atoms with E-state index in [-0.39, 0.29) is 5.92 Å². The first-order chi connectivity index (χ1) is 14.7. The third-order valence-corrected chi connectivity index (χ3v) is 5.95. The van der Waals surface area contributed by atoms with Gasteiger partial charge in [0.05, 0.1) is 0 Å². The molecule has 3 rings (SSSR count). The van der Waals surface area contributed by atoms with Crippen LogP contribution < -0.4 is 9.80 Å². The summed E-state index contributed by atoms with van der Waals surface area (Å²) in [5.41, 5.74) is 5.84. The van der Waals surface area contributed by atoms with Crippen molar-refractivity contribution in [3.8, 4) is 5.75 Å². The first-order valence-electron chi connectivity index (χ1n) is 11.1. The average molecular weight is 403 g/mol. The van der Waals surface area contributed by atoms with Gasteiger partial charge >= 0.3 is 0 Å². The van der Waals surface area contributed by atoms with Gasteiger partial charge in [0, 0.05) is 49.0 Å². The largest absolute Gasteiger partial charge is 0.508 e. The van der Waals surface area contributed by atoms with E-state index in [4.69, 9.17) is 0 Å². The molecular formula is C27H34N2O. The number of hydrogen-bond acceptors (Lipinski definition) is 3. The van der Waals surface area contributed by atoms with Crippen LogP contribution in [0.2, 0.25) is 0 Å². The van der Waals surface area contributed by atoms with Crippen LogP contribution in [0.5, 0.6) is 5.75 Å². The molecule has 3 nitrogen and oxygen atoms in total. The Morgan fingerprint density at radius 2 is 0.933 bits per heavy atom. The van der Waals surface area contributed by atoms with Gasteiger partial charge in [-0.15, -0.1) is 0 Å². The maximum atomic E-state index is 10.9. The second-order valence-corrected chi connectivity index (χ2v) is 7.45. The average Bonchev–Trinajstić information content (AvgIpc) is 2.79. The zero-order valence-corrected chi connectivity index (χ0v) is 18.7. The van der Waals surface area contributed by atoms with Crippen LogP contribution in [0.4, 0.5) is 11.4 Å². The SMILES string of the molecule is CCN(CC)c1ccccc1C(c1ccccc1O)c1ccccc1N(CC)CC. The Balaban J connectivity index is 2.31. The van der Waals surface area contributed by atoms with E-state index >= 15 is 0 Å². The Hall–Kier alpha value is -2.94. The number of anilines is 2. The van der Waals surface area contributed by atoms with Gasteiger partial charge in [0.2, 0.25) is 0 Å². The van der Waals surface area contributed by atoms with Crippen LogP contribution >= 0.6 is 0 Å². The quantitative estimate of drug-likeness (QED) is 0.428. The van der Waals surface area contributed by atoms with Crippen LogP contribution in [0.25, 0.3) is 0 Å². The number of phenols is 1. The minimum Gasteiger partial charge on any atom is -0.508 e. The Bertz CT molecular complexity index is 889. The monoisotopic (exact) mass is 402 g/mol. The van der Waals surface area contributed by atoms with E-state index in [0.717, 1.165) is 31.7 Å². The molecule has 3 heteroatoms. The van der Waals surface area contributed by atoms with E-state index in [1.807, 2.05) is 12.1 Å². The molecule has 0 amide bonds. The zero-order valence-electron chi connectivity index (χ0n) is 18.7. The molecule has 0 aliphatic rings. The van der Waals surface area contributed by atoms with Gasteiger partial charge in [0.1, 0.15) is 5.75 Å². The molecule has 0 unspecified atom stereocenters. The van der Waals surface area contributed by atoms with Crippen LogP contribution in [-0.4, -0.2) is 31.3 Å². The molecule has 3 aromatic rings. The van der Waals surface area contributed by atoms with Gasteiger partial charge in [-0.3, -0.25) is 0 Å². The summed E-state index contributed by atoms with van der Waals surface area (Å²) in [4.78, 5) is 4.78. The lowest BCUT2D eigenvalue weighted by molar-refractivity contribution is 0.467. The summed E-state index contributed by atoms with van der Waals surface area (Å²) in [5.74, 6) is 0.283. The molecule has 0 saturated heterocycles. The van der Waals surface area contributed by atoms with Crippen LogP contribution in [0.15, 0.2) is 72.8 Å². The first kappa shape index (κ1) is 21.8. The highest BCUT2D eigenvalue weighted by molar-refractivity contribution is 5.67. The fraction of sp³-hybridized carbons (Fsp3) is 0.333. The van der Waals surface area contributed by atoms with E-state index < -0.39 is 0 Å². The standard InChI is InChI=1S/C27H34N2O/c1-5-28(6-2)24-18-12-9-15-21(24)27(23-17-11-14-20-26(23)30)22-16-10-13-19-25(22)29(7-3)8-4/h9-20,27,30H,5-8H2,1-4H3. The van der Waals surface area contributed by atoms with E-state index in [2.05, 4.69) is 92.1 Å². The molecule has 0 spiro atoms. The van der Waals surface area contributed by atoms with Gasteiger partial charge in [-0.25, -0.2) is 0 Å². The minimum atomic E-state index is -0.0557. The first-order valence-corrected chi connectivity index (χ1v) is 11.1. The molecule has 0 atom stereocenters. The molecule has 30 heavy (non-hydrogen) atoms. The molecule has 0 aliphatic heterocycles. The highest BCUT2D eigenvalue weighted by Gasteiger charge is 2.26. The summed E-state index contributed by atoms with van der Waals surface area (Å²) in [6.07, 6.45) is 0. The Labute approximate surface area is 181 Å². The lowest BCUT2D eigenvalue weighted by atomic mass is 9.82. The minimum absolute atomic E-state index is 0.0557. The van der Waals surface area contributed by atoms with Crippen molar-refractivity contribution in [2.45, 2.75) is 33.6 Å². The second-order valence-electron chi connectivity index (χ2n) is 7.45. The summed E-state index contributed by atoms with van der Waals surface area (Å²) >= 11 is 0. The Kier molecular flexibility index (Phi) is 7.40. The summed E-state index contributed by atoms with van der Waals surface area (Å²) in [7, 11) is 0. The summed E-state index contributed by atoms with van der Waals surface area (Å²) in [6.45, 7) is 12.5. The highest BCUT2D eigenvalue weighted by Crippen LogP contribution is 2.43. The van der Waals surface area contributed by atoms with E-state index in [9.17, 15) is 5.11 Å². The third-order valence-electron chi connectivity index (χ3n) is 5.95. The van der Waals surface area contributed by atoms with Crippen molar-refractivity contribution in [3.05, 3.63) is 89.5 Å². The topological polar surface area (TPSA) is 26.7 Å². The third kappa shape index (κ3) is 4.30. The van der Waals surface area contributed by atoms with Crippen molar-refractivity contribution in [1.82, 2.24) is 0 Å². The predicted octanol–water partition coefficient (Wildman–Crippen LogP) is 6.26. The van der Waals surface area contributed by atoms with Gasteiger partial charge in [-0.05, 0) is 57.0 Å². The molecular weight excluding hydrogens is 368 g/mol. The predicted molar refractivity (Wildman–Crippen MR) is 129 cm³/mol. The highest BCUT2D eigenvalue weighted by atomic mass is 16.3. The number of rotatable bonds is 9. The molecule has 0 radical (unpaired) electrons. The lowest BCUT2D eigenvalue weighted by Gasteiger charge is -2.32. The molecule has 0 bridgehead atoms. The van der Waals surface area contributed by atoms with Gasteiger partial charge in [0.15, 0.2) is 0 Å². The maximum absolute atomic E-state index is 10.9. The number of para-hydroxylation sites is 3. The number of nitrogens with zero attached hydrogens (tertiary/aromatic N) is 2.